The molecule has 142 valence electrons. The number of para-hydroxylation sites is 2. The van der Waals surface area contributed by atoms with E-state index in [0.717, 1.165) is 56.5 Å². The van der Waals surface area contributed by atoms with Crippen LogP contribution in [0.5, 0.6) is 5.75 Å². The molecule has 1 aliphatic heterocycles. The highest BCUT2D eigenvalue weighted by Crippen LogP contribution is 2.21. The Labute approximate surface area is 160 Å². The fourth-order valence-electron chi connectivity index (χ4n) is 3.56. The van der Waals surface area contributed by atoms with Gasteiger partial charge in [0.15, 0.2) is 0 Å². The lowest BCUT2D eigenvalue weighted by Crippen LogP contribution is -2.36. The van der Waals surface area contributed by atoms with E-state index in [1.54, 1.807) is 0 Å². The molecule has 0 amide bonds. The van der Waals surface area contributed by atoms with Crippen molar-refractivity contribution in [2.24, 2.45) is 0 Å². The zero-order valence-corrected chi connectivity index (χ0v) is 16.1. The highest BCUT2D eigenvalue weighted by molar-refractivity contribution is 5.75. The minimum Gasteiger partial charge on any atom is -0.491 e. The molecule has 0 N–H and O–H groups in total. The van der Waals surface area contributed by atoms with Crippen LogP contribution in [0.2, 0.25) is 0 Å². The number of morpholine rings is 1. The zero-order valence-electron chi connectivity index (χ0n) is 16.1. The second-order valence-electron chi connectivity index (χ2n) is 7.17. The van der Waals surface area contributed by atoms with Crippen molar-refractivity contribution in [1.82, 2.24) is 14.5 Å². The third-order valence-electron chi connectivity index (χ3n) is 5.12. The Hall–Kier alpha value is -2.37. The summed E-state index contributed by atoms with van der Waals surface area (Å²) in [5.41, 5.74) is 4.61. The molecule has 1 aromatic heterocycles. The second-order valence-corrected chi connectivity index (χ2v) is 7.17. The highest BCUT2D eigenvalue weighted by atomic mass is 16.5. The first-order chi connectivity index (χ1) is 13.2. The monoisotopic (exact) mass is 365 g/mol. The van der Waals surface area contributed by atoms with Gasteiger partial charge >= 0.3 is 0 Å². The van der Waals surface area contributed by atoms with Crippen LogP contribution in [-0.4, -0.2) is 47.4 Å². The first-order valence-electron chi connectivity index (χ1n) is 9.65. The Balaban J connectivity index is 1.52. The average Bonchev–Trinajstić information content (AvgIpc) is 3.03. The van der Waals surface area contributed by atoms with Gasteiger partial charge in [0.25, 0.3) is 0 Å². The molecule has 0 saturated carbocycles. The largest absolute Gasteiger partial charge is 0.491 e. The van der Waals surface area contributed by atoms with Crippen molar-refractivity contribution in [3.05, 3.63) is 59.4 Å². The van der Waals surface area contributed by atoms with E-state index < -0.39 is 0 Å². The topological polar surface area (TPSA) is 39.5 Å². The molecule has 1 fully saturated rings. The molecular formula is C22H27N3O2. The van der Waals surface area contributed by atoms with Crippen molar-refractivity contribution in [1.29, 1.82) is 0 Å². The maximum atomic E-state index is 6.10. The second kappa shape index (κ2) is 8.11. The van der Waals surface area contributed by atoms with Gasteiger partial charge in [-0.3, -0.25) is 4.90 Å². The zero-order chi connectivity index (χ0) is 18.6. The molecule has 0 aliphatic carbocycles. The molecule has 0 unspecified atom stereocenters. The molecular weight excluding hydrogens is 338 g/mol. The molecule has 2 aromatic carbocycles. The molecule has 3 aromatic rings. The Morgan fingerprint density at radius 3 is 2.74 bits per heavy atom. The van der Waals surface area contributed by atoms with Crippen LogP contribution in [0.1, 0.15) is 17.0 Å². The van der Waals surface area contributed by atoms with E-state index in [-0.39, 0.29) is 0 Å². The summed E-state index contributed by atoms with van der Waals surface area (Å²) in [6, 6.07) is 14.7. The van der Waals surface area contributed by atoms with Gasteiger partial charge in [0.1, 0.15) is 18.2 Å². The predicted molar refractivity (Wildman–Crippen MR) is 107 cm³/mol. The minimum atomic E-state index is 0.626. The van der Waals surface area contributed by atoms with E-state index >= 15 is 0 Å². The smallest absolute Gasteiger partial charge is 0.124 e. The fourth-order valence-corrected chi connectivity index (χ4v) is 3.56. The molecule has 0 spiro atoms. The molecule has 1 aliphatic rings. The number of aryl methyl sites for hydroxylation is 2. The van der Waals surface area contributed by atoms with Crippen molar-refractivity contribution < 1.29 is 9.47 Å². The maximum absolute atomic E-state index is 6.10. The van der Waals surface area contributed by atoms with Gasteiger partial charge in [0, 0.05) is 13.1 Å². The Bertz CT molecular complexity index is 913. The van der Waals surface area contributed by atoms with Gasteiger partial charge in [0.05, 0.1) is 37.3 Å². The number of aromatic nitrogens is 2. The summed E-state index contributed by atoms with van der Waals surface area (Å²) < 4.78 is 13.9. The van der Waals surface area contributed by atoms with Gasteiger partial charge in [-0.2, -0.15) is 0 Å². The number of rotatable bonds is 6. The molecule has 5 nitrogen and oxygen atoms in total. The first kappa shape index (κ1) is 18.0. The lowest BCUT2D eigenvalue weighted by Gasteiger charge is -2.26. The van der Waals surface area contributed by atoms with Crippen LogP contribution in [0.4, 0.5) is 0 Å². The number of imidazole rings is 1. The van der Waals surface area contributed by atoms with E-state index in [4.69, 9.17) is 14.5 Å². The standard InChI is InChI=1S/C22H27N3O2/c1-17-7-8-18(2)21(15-17)27-14-11-25-20-6-4-3-5-19(20)23-22(25)16-24-9-12-26-13-10-24/h3-8,15H,9-14,16H2,1-2H3. The van der Waals surface area contributed by atoms with Crippen molar-refractivity contribution in [3.63, 3.8) is 0 Å². The number of ether oxygens (including phenoxy) is 2. The van der Waals surface area contributed by atoms with Crippen LogP contribution in [0, 0.1) is 13.8 Å². The lowest BCUT2D eigenvalue weighted by molar-refractivity contribution is 0.0326. The van der Waals surface area contributed by atoms with Crippen molar-refractivity contribution in [3.8, 4) is 5.75 Å². The molecule has 27 heavy (non-hydrogen) atoms. The summed E-state index contributed by atoms with van der Waals surface area (Å²) in [5.74, 6) is 2.07. The summed E-state index contributed by atoms with van der Waals surface area (Å²) in [6.45, 7) is 9.97. The minimum absolute atomic E-state index is 0.626. The summed E-state index contributed by atoms with van der Waals surface area (Å²) in [6.07, 6.45) is 0. The highest BCUT2D eigenvalue weighted by Gasteiger charge is 2.16. The van der Waals surface area contributed by atoms with Crippen molar-refractivity contribution in [2.75, 3.05) is 32.9 Å². The van der Waals surface area contributed by atoms with Gasteiger partial charge < -0.3 is 14.0 Å². The Kier molecular flexibility index (Phi) is 5.41. The van der Waals surface area contributed by atoms with Crippen LogP contribution in [0.3, 0.4) is 0 Å². The average molecular weight is 365 g/mol. The molecule has 2 heterocycles. The van der Waals surface area contributed by atoms with Gasteiger partial charge in [0.2, 0.25) is 0 Å². The molecule has 5 heteroatoms. The Morgan fingerprint density at radius 2 is 1.89 bits per heavy atom. The normalized spacial score (nSPS) is 15.3. The van der Waals surface area contributed by atoms with E-state index in [1.807, 2.05) is 6.07 Å². The molecule has 4 rings (SSSR count). The number of nitrogens with zero attached hydrogens (tertiary/aromatic N) is 3. The number of hydrogen-bond acceptors (Lipinski definition) is 4. The summed E-state index contributed by atoms with van der Waals surface area (Å²) in [5, 5.41) is 0. The van der Waals surface area contributed by atoms with Crippen molar-refractivity contribution >= 4 is 11.0 Å². The SMILES string of the molecule is Cc1ccc(C)c(OCCn2c(CN3CCOCC3)nc3ccccc32)c1. The van der Waals surface area contributed by atoms with Gasteiger partial charge in [-0.25, -0.2) is 4.98 Å². The molecule has 1 saturated heterocycles. The summed E-state index contributed by atoms with van der Waals surface area (Å²) >= 11 is 0. The van der Waals surface area contributed by atoms with Crippen LogP contribution in [-0.2, 0) is 17.8 Å². The molecule has 0 atom stereocenters. The third kappa shape index (κ3) is 4.15. The van der Waals surface area contributed by atoms with Gasteiger partial charge in [-0.15, -0.1) is 0 Å². The van der Waals surface area contributed by atoms with E-state index in [9.17, 15) is 0 Å². The summed E-state index contributed by atoms with van der Waals surface area (Å²) in [4.78, 5) is 7.30. The van der Waals surface area contributed by atoms with Crippen LogP contribution < -0.4 is 4.74 Å². The number of hydrogen-bond donors (Lipinski definition) is 0. The van der Waals surface area contributed by atoms with E-state index in [2.05, 4.69) is 59.7 Å². The number of benzene rings is 2. The van der Waals surface area contributed by atoms with Crippen LogP contribution in [0.15, 0.2) is 42.5 Å². The maximum Gasteiger partial charge on any atom is 0.124 e. The molecule has 0 bridgehead atoms. The predicted octanol–water partition coefficient (Wildman–Crippen LogP) is 3.56. The van der Waals surface area contributed by atoms with Crippen LogP contribution >= 0.6 is 0 Å². The summed E-state index contributed by atoms with van der Waals surface area (Å²) in [7, 11) is 0. The molecule has 0 radical (unpaired) electrons. The fraction of sp³-hybridized carbons (Fsp3) is 0.409. The Morgan fingerprint density at radius 1 is 1.07 bits per heavy atom. The van der Waals surface area contributed by atoms with E-state index in [0.29, 0.717) is 6.61 Å². The van der Waals surface area contributed by atoms with E-state index in [1.165, 1.54) is 16.6 Å². The first-order valence-corrected chi connectivity index (χ1v) is 9.65. The quantitative estimate of drug-likeness (QED) is 0.670. The van der Waals surface area contributed by atoms with Gasteiger partial charge in [-0.1, -0.05) is 24.3 Å². The van der Waals surface area contributed by atoms with Crippen LogP contribution in [0.25, 0.3) is 11.0 Å². The lowest BCUT2D eigenvalue weighted by atomic mass is 10.1. The van der Waals surface area contributed by atoms with Gasteiger partial charge in [-0.05, 0) is 43.2 Å². The number of fused-ring (bicyclic) bond motifs is 1. The van der Waals surface area contributed by atoms with Crippen molar-refractivity contribution in [2.45, 2.75) is 26.9 Å². The third-order valence-corrected chi connectivity index (χ3v) is 5.12.